The highest BCUT2D eigenvalue weighted by molar-refractivity contribution is 5.54. The molecule has 0 atom stereocenters. The molecule has 8 heteroatoms. The third-order valence-electron chi connectivity index (χ3n) is 2.37. The van der Waals surface area contributed by atoms with Crippen molar-refractivity contribution in [2.24, 2.45) is 5.84 Å². The number of imidazole rings is 1. The van der Waals surface area contributed by atoms with Crippen molar-refractivity contribution in [1.29, 1.82) is 0 Å². The zero-order valence-corrected chi connectivity index (χ0v) is 9.58. The van der Waals surface area contributed by atoms with E-state index in [0.29, 0.717) is 23.2 Å². The van der Waals surface area contributed by atoms with Crippen molar-refractivity contribution in [1.82, 2.24) is 24.6 Å². The second-order valence-electron chi connectivity index (χ2n) is 3.73. The number of ether oxygens (including phenoxy) is 1. The molecule has 0 aliphatic carbocycles. The third kappa shape index (κ3) is 1.74. The summed E-state index contributed by atoms with van der Waals surface area (Å²) in [6.45, 7) is 1.89. The lowest BCUT2D eigenvalue weighted by molar-refractivity contribution is 0.446. The number of nitrogen functional groups attached to an aromatic ring is 1. The SMILES string of the molecule is Cc1cc(Oc2nc(NN)cn3ccnc23)n[nH]1. The Kier molecular flexibility index (Phi) is 2.34. The number of nitrogens with two attached hydrogens (primary N) is 1. The van der Waals surface area contributed by atoms with E-state index in [1.165, 1.54) is 0 Å². The van der Waals surface area contributed by atoms with Crippen molar-refractivity contribution in [2.45, 2.75) is 6.92 Å². The zero-order valence-electron chi connectivity index (χ0n) is 9.58. The molecule has 0 saturated carbocycles. The Hall–Kier alpha value is -2.61. The molecule has 8 nitrogen and oxygen atoms in total. The van der Waals surface area contributed by atoms with Gasteiger partial charge in [0.25, 0.3) is 5.88 Å². The third-order valence-corrected chi connectivity index (χ3v) is 2.37. The molecule has 0 bridgehead atoms. The minimum Gasteiger partial charge on any atom is -0.415 e. The van der Waals surface area contributed by atoms with Crippen LogP contribution in [0.15, 0.2) is 24.7 Å². The van der Waals surface area contributed by atoms with Crippen LogP contribution in [0.2, 0.25) is 0 Å². The summed E-state index contributed by atoms with van der Waals surface area (Å²) in [6.07, 6.45) is 5.14. The standard InChI is InChI=1S/C10H11N7O/c1-6-4-8(16-15-6)18-10-9-12-2-3-17(9)5-7(13-10)14-11/h2-5,14H,11H2,1H3,(H,15,16). The molecule has 4 N–H and O–H groups in total. The van der Waals surface area contributed by atoms with Gasteiger partial charge in [0.05, 0.1) is 6.20 Å². The quantitative estimate of drug-likeness (QED) is 0.466. The monoisotopic (exact) mass is 245 g/mol. The predicted molar refractivity (Wildman–Crippen MR) is 64.2 cm³/mol. The van der Waals surface area contributed by atoms with Gasteiger partial charge in [0, 0.05) is 24.2 Å². The first-order chi connectivity index (χ1) is 8.76. The number of anilines is 1. The normalized spacial score (nSPS) is 10.8. The molecule has 3 aromatic rings. The summed E-state index contributed by atoms with van der Waals surface area (Å²) >= 11 is 0. The summed E-state index contributed by atoms with van der Waals surface area (Å²) in [5.41, 5.74) is 3.97. The Morgan fingerprint density at radius 3 is 3.11 bits per heavy atom. The number of aromatic amines is 1. The van der Waals surface area contributed by atoms with Gasteiger partial charge >= 0.3 is 0 Å². The first-order valence-corrected chi connectivity index (χ1v) is 5.26. The number of nitrogens with one attached hydrogen (secondary N) is 2. The van der Waals surface area contributed by atoms with Gasteiger partial charge in [-0.2, -0.15) is 4.98 Å². The molecule has 3 aromatic heterocycles. The number of fused-ring (bicyclic) bond motifs is 1. The van der Waals surface area contributed by atoms with Crippen molar-refractivity contribution in [3.8, 4) is 11.8 Å². The summed E-state index contributed by atoms with van der Waals surface area (Å²) in [4.78, 5) is 8.37. The zero-order chi connectivity index (χ0) is 12.5. The minimum absolute atomic E-state index is 0.335. The maximum absolute atomic E-state index is 5.58. The van der Waals surface area contributed by atoms with E-state index in [4.69, 9.17) is 10.6 Å². The molecule has 0 saturated heterocycles. The number of hydrazine groups is 1. The largest absolute Gasteiger partial charge is 0.415 e. The van der Waals surface area contributed by atoms with Gasteiger partial charge in [-0.3, -0.25) is 9.50 Å². The molecule has 0 radical (unpaired) electrons. The van der Waals surface area contributed by atoms with E-state index in [0.717, 1.165) is 5.69 Å². The van der Waals surface area contributed by atoms with E-state index >= 15 is 0 Å². The van der Waals surface area contributed by atoms with E-state index in [1.807, 2.05) is 6.92 Å². The second kappa shape index (κ2) is 4.00. The maximum Gasteiger partial charge on any atom is 0.267 e. The van der Waals surface area contributed by atoms with Crippen molar-refractivity contribution < 1.29 is 4.74 Å². The highest BCUT2D eigenvalue weighted by atomic mass is 16.5. The van der Waals surface area contributed by atoms with Crippen LogP contribution < -0.4 is 16.0 Å². The number of aryl methyl sites for hydroxylation is 1. The van der Waals surface area contributed by atoms with Crippen molar-refractivity contribution >= 4 is 11.5 Å². The van der Waals surface area contributed by atoms with Crippen LogP contribution in [-0.2, 0) is 0 Å². The summed E-state index contributed by atoms with van der Waals surface area (Å²) in [6, 6.07) is 1.77. The molecule has 0 amide bonds. The molecule has 18 heavy (non-hydrogen) atoms. The lowest BCUT2D eigenvalue weighted by Crippen LogP contribution is -2.10. The predicted octanol–water partition coefficient (Wildman–Crippen LogP) is 0.839. The second-order valence-corrected chi connectivity index (χ2v) is 3.73. The van der Waals surface area contributed by atoms with Gasteiger partial charge in [0.2, 0.25) is 11.5 Å². The van der Waals surface area contributed by atoms with Gasteiger partial charge in [-0.1, -0.05) is 0 Å². The number of hydrogen-bond donors (Lipinski definition) is 3. The highest BCUT2D eigenvalue weighted by Gasteiger charge is 2.10. The van der Waals surface area contributed by atoms with Gasteiger partial charge in [-0.25, -0.2) is 10.8 Å². The Morgan fingerprint density at radius 2 is 2.39 bits per heavy atom. The lowest BCUT2D eigenvalue weighted by Gasteiger charge is -2.05. The van der Waals surface area contributed by atoms with Gasteiger partial charge in [-0.15, -0.1) is 5.10 Å². The van der Waals surface area contributed by atoms with E-state index in [9.17, 15) is 0 Å². The average molecular weight is 245 g/mol. The van der Waals surface area contributed by atoms with Gasteiger partial charge < -0.3 is 10.2 Å². The van der Waals surface area contributed by atoms with E-state index in [1.54, 1.807) is 29.1 Å². The first kappa shape index (κ1) is 10.5. The van der Waals surface area contributed by atoms with Crippen LogP contribution in [0.1, 0.15) is 5.69 Å². The molecule has 0 spiro atoms. The summed E-state index contributed by atoms with van der Waals surface area (Å²) < 4.78 is 7.34. The molecule has 0 aliphatic heterocycles. The van der Waals surface area contributed by atoms with Crippen molar-refractivity contribution in [2.75, 3.05) is 5.43 Å². The van der Waals surface area contributed by atoms with Crippen molar-refractivity contribution in [3.05, 3.63) is 30.4 Å². The smallest absolute Gasteiger partial charge is 0.267 e. The number of hydrogen-bond acceptors (Lipinski definition) is 6. The number of H-pyrrole nitrogens is 1. The fourth-order valence-corrected chi connectivity index (χ4v) is 1.59. The molecule has 0 aromatic carbocycles. The Labute approximate surface area is 102 Å². The molecule has 0 aliphatic rings. The van der Waals surface area contributed by atoms with Crippen LogP contribution in [-0.4, -0.2) is 24.6 Å². The minimum atomic E-state index is 0.335. The van der Waals surface area contributed by atoms with Crippen LogP contribution in [0.4, 0.5) is 5.82 Å². The average Bonchev–Trinajstić information content (AvgIpc) is 2.98. The fraction of sp³-hybridized carbons (Fsp3) is 0.100. The number of rotatable bonds is 3. The maximum atomic E-state index is 5.58. The van der Waals surface area contributed by atoms with Gasteiger partial charge in [0.1, 0.15) is 0 Å². The Balaban J connectivity index is 2.06. The molecular weight excluding hydrogens is 234 g/mol. The van der Waals surface area contributed by atoms with Crippen LogP contribution in [0.3, 0.4) is 0 Å². The fourth-order valence-electron chi connectivity index (χ4n) is 1.59. The van der Waals surface area contributed by atoms with E-state index < -0.39 is 0 Å². The Morgan fingerprint density at radius 1 is 1.50 bits per heavy atom. The topological polar surface area (TPSA) is 106 Å². The molecule has 0 unspecified atom stereocenters. The van der Waals surface area contributed by atoms with Crippen LogP contribution in [0.5, 0.6) is 11.8 Å². The van der Waals surface area contributed by atoms with Crippen molar-refractivity contribution in [3.63, 3.8) is 0 Å². The number of aromatic nitrogens is 5. The molecule has 3 heterocycles. The molecule has 3 rings (SSSR count). The van der Waals surface area contributed by atoms with Crippen LogP contribution in [0.25, 0.3) is 5.65 Å². The van der Waals surface area contributed by atoms with E-state index in [-0.39, 0.29) is 0 Å². The number of nitrogens with zero attached hydrogens (tertiary/aromatic N) is 4. The summed E-state index contributed by atoms with van der Waals surface area (Å²) in [5.74, 6) is 6.59. The van der Waals surface area contributed by atoms with E-state index in [2.05, 4.69) is 25.6 Å². The van der Waals surface area contributed by atoms with Crippen LogP contribution in [0, 0.1) is 6.92 Å². The first-order valence-electron chi connectivity index (χ1n) is 5.26. The Bertz CT molecular complexity index is 686. The highest BCUT2D eigenvalue weighted by Crippen LogP contribution is 2.23. The molecular formula is C10H11N7O. The molecule has 92 valence electrons. The van der Waals surface area contributed by atoms with Gasteiger partial charge in [0.15, 0.2) is 5.82 Å². The lowest BCUT2D eigenvalue weighted by atomic mass is 10.5. The molecule has 0 fully saturated rings. The summed E-state index contributed by atoms with van der Waals surface area (Å²) in [5, 5.41) is 6.77. The van der Waals surface area contributed by atoms with Gasteiger partial charge in [-0.05, 0) is 6.92 Å². The summed E-state index contributed by atoms with van der Waals surface area (Å²) in [7, 11) is 0. The van der Waals surface area contributed by atoms with Crippen LogP contribution >= 0.6 is 0 Å².